The van der Waals surface area contributed by atoms with E-state index in [1.165, 1.54) is 4.88 Å². The summed E-state index contributed by atoms with van der Waals surface area (Å²) in [6, 6.07) is 7.95. The Bertz CT molecular complexity index is 702. The van der Waals surface area contributed by atoms with Gasteiger partial charge in [0.1, 0.15) is 0 Å². The van der Waals surface area contributed by atoms with Gasteiger partial charge in [-0.25, -0.2) is 4.98 Å². The summed E-state index contributed by atoms with van der Waals surface area (Å²) in [5.74, 6) is 0. The third kappa shape index (κ3) is 2.92. The first kappa shape index (κ1) is 13.0. The number of anilines is 1. The Kier molecular flexibility index (Phi) is 3.85. The maximum Gasteiger partial charge on any atom is 0.203 e. The van der Waals surface area contributed by atoms with E-state index in [-0.39, 0.29) is 0 Å². The first-order chi connectivity index (χ1) is 9.83. The fourth-order valence-electron chi connectivity index (χ4n) is 1.65. The molecule has 0 spiro atoms. The van der Waals surface area contributed by atoms with Crippen LogP contribution in [0.2, 0.25) is 0 Å². The normalized spacial score (nSPS) is 11.6. The van der Waals surface area contributed by atoms with Crippen LogP contribution in [0.25, 0.3) is 10.6 Å². The molecule has 0 amide bonds. The zero-order valence-corrected chi connectivity index (χ0v) is 12.4. The van der Waals surface area contributed by atoms with Gasteiger partial charge in [-0.3, -0.25) is 10.4 Å². The standard InChI is InChI=1S/C14H12N4S2/c1-10(11-4-6-15-7-5-11)17-18-14-16-12(9-20-14)13-3-2-8-19-13/h2-9H,1H3,(H,16,18)/b17-10-. The Morgan fingerprint density at radius 3 is 2.80 bits per heavy atom. The van der Waals surface area contributed by atoms with Crippen LogP contribution in [-0.2, 0) is 0 Å². The molecule has 20 heavy (non-hydrogen) atoms. The quantitative estimate of drug-likeness (QED) is 0.583. The Labute approximate surface area is 124 Å². The Balaban J connectivity index is 1.73. The maximum atomic E-state index is 4.52. The third-order valence-corrected chi connectivity index (χ3v) is 4.33. The van der Waals surface area contributed by atoms with Crippen LogP contribution < -0.4 is 5.43 Å². The summed E-state index contributed by atoms with van der Waals surface area (Å²) in [6.07, 6.45) is 3.51. The number of hydrogen-bond donors (Lipinski definition) is 1. The van der Waals surface area contributed by atoms with Crippen molar-refractivity contribution in [2.45, 2.75) is 6.92 Å². The van der Waals surface area contributed by atoms with E-state index in [1.54, 1.807) is 35.1 Å². The number of nitrogens with one attached hydrogen (secondary N) is 1. The molecule has 3 heterocycles. The van der Waals surface area contributed by atoms with Crippen molar-refractivity contribution >= 4 is 33.5 Å². The second kappa shape index (κ2) is 5.94. The average Bonchev–Trinajstić information content (AvgIpc) is 3.16. The number of nitrogens with zero attached hydrogens (tertiary/aromatic N) is 3. The number of hydrogen-bond acceptors (Lipinski definition) is 6. The van der Waals surface area contributed by atoms with Crippen LogP contribution in [0.1, 0.15) is 12.5 Å². The van der Waals surface area contributed by atoms with Crippen LogP contribution in [0.4, 0.5) is 5.13 Å². The van der Waals surface area contributed by atoms with Crippen LogP contribution in [0.15, 0.2) is 52.5 Å². The van der Waals surface area contributed by atoms with E-state index in [9.17, 15) is 0 Å². The average molecular weight is 300 g/mol. The van der Waals surface area contributed by atoms with Gasteiger partial charge < -0.3 is 0 Å². The molecule has 100 valence electrons. The Hall–Kier alpha value is -2.05. The molecule has 0 saturated carbocycles. The van der Waals surface area contributed by atoms with E-state index in [2.05, 4.69) is 26.6 Å². The molecule has 0 aliphatic rings. The summed E-state index contributed by atoms with van der Waals surface area (Å²) in [5.41, 5.74) is 5.94. The fraction of sp³-hybridized carbons (Fsp3) is 0.0714. The minimum atomic E-state index is 0.793. The number of thiazole rings is 1. The van der Waals surface area contributed by atoms with Crippen LogP contribution in [0, 0.1) is 0 Å². The van der Waals surface area contributed by atoms with Gasteiger partial charge in [-0.2, -0.15) is 5.10 Å². The summed E-state index contributed by atoms with van der Waals surface area (Å²) in [7, 11) is 0. The second-order valence-electron chi connectivity index (χ2n) is 4.06. The topological polar surface area (TPSA) is 50.2 Å². The van der Waals surface area contributed by atoms with E-state index in [0.29, 0.717) is 0 Å². The molecule has 0 radical (unpaired) electrons. The van der Waals surface area contributed by atoms with Gasteiger partial charge in [0.2, 0.25) is 5.13 Å². The number of thiophene rings is 1. The molecule has 0 aromatic carbocycles. The molecule has 0 atom stereocenters. The molecule has 0 unspecified atom stereocenters. The van der Waals surface area contributed by atoms with Crippen LogP contribution in [0.3, 0.4) is 0 Å². The Morgan fingerprint density at radius 1 is 1.20 bits per heavy atom. The molecule has 3 aromatic heterocycles. The van der Waals surface area contributed by atoms with Gasteiger partial charge in [-0.15, -0.1) is 22.7 Å². The first-order valence-corrected chi connectivity index (χ1v) is 7.79. The van der Waals surface area contributed by atoms with Crippen LogP contribution >= 0.6 is 22.7 Å². The van der Waals surface area contributed by atoms with Crippen molar-refractivity contribution in [2.24, 2.45) is 5.10 Å². The zero-order valence-electron chi connectivity index (χ0n) is 10.8. The van der Waals surface area contributed by atoms with Crippen molar-refractivity contribution in [3.05, 3.63) is 53.0 Å². The van der Waals surface area contributed by atoms with Gasteiger partial charge in [-0.05, 0) is 30.5 Å². The van der Waals surface area contributed by atoms with Crippen molar-refractivity contribution < 1.29 is 0 Å². The summed E-state index contributed by atoms with van der Waals surface area (Å²) in [5, 5.41) is 9.23. The molecule has 0 bridgehead atoms. The van der Waals surface area contributed by atoms with E-state index in [0.717, 1.165) is 22.1 Å². The lowest BCUT2D eigenvalue weighted by Crippen LogP contribution is -1.99. The van der Waals surface area contributed by atoms with Crippen molar-refractivity contribution in [1.29, 1.82) is 0 Å². The molecule has 1 N–H and O–H groups in total. The molecular formula is C14H12N4S2. The summed E-state index contributed by atoms with van der Waals surface area (Å²) in [6.45, 7) is 1.95. The fourth-order valence-corrected chi connectivity index (χ4v) is 3.07. The predicted molar refractivity (Wildman–Crippen MR) is 85.5 cm³/mol. The van der Waals surface area contributed by atoms with E-state index >= 15 is 0 Å². The lowest BCUT2D eigenvalue weighted by Gasteiger charge is -2.00. The maximum absolute atomic E-state index is 4.52. The number of rotatable bonds is 4. The molecule has 0 aliphatic carbocycles. The van der Waals surface area contributed by atoms with Crippen LogP contribution in [-0.4, -0.2) is 15.7 Å². The highest BCUT2D eigenvalue weighted by atomic mass is 32.1. The molecule has 3 aromatic rings. The largest absolute Gasteiger partial charge is 0.265 e. The molecule has 0 fully saturated rings. The molecule has 6 heteroatoms. The van der Waals surface area contributed by atoms with E-state index in [1.807, 2.05) is 35.9 Å². The van der Waals surface area contributed by atoms with E-state index < -0.39 is 0 Å². The van der Waals surface area contributed by atoms with Gasteiger partial charge in [0.15, 0.2) is 0 Å². The monoisotopic (exact) mass is 300 g/mol. The zero-order chi connectivity index (χ0) is 13.8. The van der Waals surface area contributed by atoms with Crippen molar-refractivity contribution in [3.8, 4) is 10.6 Å². The van der Waals surface area contributed by atoms with Gasteiger partial charge in [0.25, 0.3) is 0 Å². The first-order valence-electron chi connectivity index (χ1n) is 6.03. The molecule has 4 nitrogen and oxygen atoms in total. The molecule has 0 saturated heterocycles. The summed E-state index contributed by atoms with van der Waals surface area (Å²) >= 11 is 3.23. The number of pyridine rings is 1. The van der Waals surface area contributed by atoms with Crippen molar-refractivity contribution in [3.63, 3.8) is 0 Å². The van der Waals surface area contributed by atoms with Crippen molar-refractivity contribution in [2.75, 3.05) is 5.43 Å². The van der Waals surface area contributed by atoms with Gasteiger partial charge in [0, 0.05) is 23.3 Å². The van der Waals surface area contributed by atoms with Gasteiger partial charge >= 0.3 is 0 Å². The molecular weight excluding hydrogens is 288 g/mol. The smallest absolute Gasteiger partial charge is 0.203 e. The van der Waals surface area contributed by atoms with E-state index in [4.69, 9.17) is 0 Å². The van der Waals surface area contributed by atoms with Crippen LogP contribution in [0.5, 0.6) is 0 Å². The lowest BCUT2D eigenvalue weighted by molar-refractivity contribution is 1.26. The van der Waals surface area contributed by atoms with Crippen molar-refractivity contribution in [1.82, 2.24) is 9.97 Å². The molecule has 3 rings (SSSR count). The number of hydrazone groups is 1. The molecule has 0 aliphatic heterocycles. The third-order valence-electron chi connectivity index (χ3n) is 2.70. The number of aromatic nitrogens is 2. The highest BCUT2D eigenvalue weighted by molar-refractivity contribution is 7.15. The minimum Gasteiger partial charge on any atom is -0.265 e. The second-order valence-corrected chi connectivity index (χ2v) is 5.87. The lowest BCUT2D eigenvalue weighted by atomic mass is 10.2. The Morgan fingerprint density at radius 2 is 2.05 bits per heavy atom. The summed E-state index contributed by atoms with van der Waals surface area (Å²) < 4.78 is 0. The minimum absolute atomic E-state index is 0.793. The van der Waals surface area contributed by atoms with Gasteiger partial charge in [0.05, 0.1) is 16.3 Å². The van der Waals surface area contributed by atoms with Gasteiger partial charge in [-0.1, -0.05) is 6.07 Å². The SMILES string of the molecule is C/C(=N/Nc1nc(-c2cccs2)cs1)c1ccncc1. The highest BCUT2D eigenvalue weighted by Gasteiger charge is 2.04. The summed E-state index contributed by atoms with van der Waals surface area (Å²) in [4.78, 5) is 9.68. The predicted octanol–water partition coefficient (Wildman–Crippen LogP) is 4.10. The highest BCUT2D eigenvalue weighted by Crippen LogP contribution is 2.28.